The molecule has 2 aromatic carbocycles. The first-order valence-electron chi connectivity index (χ1n) is 7.00. The van der Waals surface area contributed by atoms with Gasteiger partial charge in [-0.25, -0.2) is 4.79 Å². The summed E-state index contributed by atoms with van der Waals surface area (Å²) < 4.78 is 15.7. The van der Waals surface area contributed by atoms with E-state index in [-0.39, 0.29) is 5.97 Å². The predicted molar refractivity (Wildman–Crippen MR) is 87.0 cm³/mol. The zero-order chi connectivity index (χ0) is 16.5. The van der Waals surface area contributed by atoms with Gasteiger partial charge in [-0.1, -0.05) is 0 Å². The van der Waals surface area contributed by atoms with Crippen LogP contribution in [0.1, 0.15) is 15.9 Å². The van der Waals surface area contributed by atoms with Crippen LogP contribution in [0.5, 0.6) is 11.5 Å². The van der Waals surface area contributed by atoms with E-state index in [1.54, 1.807) is 30.5 Å². The molecule has 120 valence electrons. The summed E-state index contributed by atoms with van der Waals surface area (Å²) in [5.74, 6) is 6.11. The molecular formula is C17H18N2O4. The van der Waals surface area contributed by atoms with E-state index in [9.17, 15) is 4.79 Å². The molecule has 0 bridgehead atoms. The minimum atomic E-state index is -0.372. The van der Waals surface area contributed by atoms with Crippen molar-refractivity contribution in [3.05, 3.63) is 59.7 Å². The number of carbonyl (C=O) groups is 1. The molecule has 0 fully saturated rings. The van der Waals surface area contributed by atoms with Gasteiger partial charge in [-0.3, -0.25) is 0 Å². The third kappa shape index (κ3) is 5.03. The largest absolute Gasteiger partial charge is 0.490 e. The Labute approximate surface area is 134 Å². The monoisotopic (exact) mass is 314 g/mol. The van der Waals surface area contributed by atoms with E-state index >= 15 is 0 Å². The Morgan fingerprint density at radius 3 is 2.00 bits per heavy atom. The molecule has 0 spiro atoms. The van der Waals surface area contributed by atoms with Crippen LogP contribution in [0.2, 0.25) is 0 Å². The van der Waals surface area contributed by atoms with Crippen LogP contribution in [0.25, 0.3) is 0 Å². The lowest BCUT2D eigenvalue weighted by atomic mass is 10.2. The average molecular weight is 314 g/mol. The van der Waals surface area contributed by atoms with Crippen LogP contribution in [-0.4, -0.2) is 32.5 Å². The second kappa shape index (κ2) is 8.43. The number of hydrogen-bond donors (Lipinski definition) is 1. The van der Waals surface area contributed by atoms with E-state index in [0.29, 0.717) is 24.5 Å². The quantitative estimate of drug-likeness (QED) is 0.278. The SMILES string of the molecule is COC(=O)c1ccc(OCCOc2ccc(C=NN)cc2)cc1. The first kappa shape index (κ1) is 16.4. The molecule has 0 aliphatic carbocycles. The third-order valence-corrected chi connectivity index (χ3v) is 3.00. The van der Waals surface area contributed by atoms with Crippen molar-refractivity contribution in [3.8, 4) is 11.5 Å². The molecule has 0 aliphatic heterocycles. The Kier molecular flexibility index (Phi) is 5.99. The molecule has 2 rings (SSSR count). The van der Waals surface area contributed by atoms with Crippen LogP contribution in [-0.2, 0) is 4.74 Å². The molecule has 0 saturated carbocycles. The zero-order valence-electron chi connectivity index (χ0n) is 12.8. The lowest BCUT2D eigenvalue weighted by Crippen LogP contribution is -2.09. The fourth-order valence-electron chi connectivity index (χ4n) is 1.86. The Hall–Kier alpha value is -3.02. The van der Waals surface area contributed by atoms with Gasteiger partial charge >= 0.3 is 5.97 Å². The standard InChI is InChI=1S/C17H18N2O4/c1-21-17(20)14-4-8-16(9-5-14)23-11-10-22-15-6-2-13(3-7-15)12-19-18/h2-9,12H,10-11,18H2,1H3. The van der Waals surface area contributed by atoms with Crippen LogP contribution >= 0.6 is 0 Å². The minimum Gasteiger partial charge on any atom is -0.490 e. The van der Waals surface area contributed by atoms with E-state index < -0.39 is 0 Å². The first-order valence-corrected chi connectivity index (χ1v) is 7.00. The second-order valence-electron chi connectivity index (χ2n) is 4.56. The van der Waals surface area contributed by atoms with Crippen molar-refractivity contribution in [1.29, 1.82) is 0 Å². The molecule has 0 radical (unpaired) electrons. The maximum Gasteiger partial charge on any atom is 0.337 e. The maximum absolute atomic E-state index is 11.3. The number of hydrogen-bond acceptors (Lipinski definition) is 6. The summed E-state index contributed by atoms with van der Waals surface area (Å²) in [6, 6.07) is 14.1. The highest BCUT2D eigenvalue weighted by molar-refractivity contribution is 5.89. The molecule has 0 atom stereocenters. The second-order valence-corrected chi connectivity index (χ2v) is 4.56. The lowest BCUT2D eigenvalue weighted by Gasteiger charge is -2.09. The van der Waals surface area contributed by atoms with Crippen LogP contribution in [0, 0.1) is 0 Å². The molecule has 2 aromatic rings. The maximum atomic E-state index is 11.3. The van der Waals surface area contributed by atoms with Gasteiger partial charge in [0.25, 0.3) is 0 Å². The molecule has 0 amide bonds. The van der Waals surface area contributed by atoms with Gasteiger partial charge in [0.05, 0.1) is 18.9 Å². The molecule has 2 N–H and O–H groups in total. The topological polar surface area (TPSA) is 83.1 Å². The Balaban J connectivity index is 1.75. The number of hydrazone groups is 1. The molecule has 0 saturated heterocycles. The van der Waals surface area contributed by atoms with Crippen LogP contribution in [0.15, 0.2) is 53.6 Å². The minimum absolute atomic E-state index is 0.372. The van der Waals surface area contributed by atoms with Gasteiger partial charge in [-0.15, -0.1) is 0 Å². The number of nitrogens with zero attached hydrogens (tertiary/aromatic N) is 1. The van der Waals surface area contributed by atoms with Gasteiger partial charge in [0, 0.05) is 0 Å². The molecule has 6 heteroatoms. The van der Waals surface area contributed by atoms with E-state index in [2.05, 4.69) is 9.84 Å². The first-order chi connectivity index (χ1) is 11.2. The number of esters is 1. The van der Waals surface area contributed by atoms with E-state index in [4.69, 9.17) is 15.3 Å². The van der Waals surface area contributed by atoms with Gasteiger partial charge < -0.3 is 20.1 Å². The summed E-state index contributed by atoms with van der Waals surface area (Å²) in [5, 5.41) is 3.45. The highest BCUT2D eigenvalue weighted by atomic mass is 16.5. The van der Waals surface area contributed by atoms with Crippen molar-refractivity contribution in [1.82, 2.24) is 0 Å². The number of ether oxygens (including phenoxy) is 3. The van der Waals surface area contributed by atoms with Crippen molar-refractivity contribution in [2.24, 2.45) is 10.9 Å². The fraction of sp³-hybridized carbons (Fsp3) is 0.176. The summed E-state index contributed by atoms with van der Waals surface area (Å²) >= 11 is 0. The molecule has 6 nitrogen and oxygen atoms in total. The molecule has 23 heavy (non-hydrogen) atoms. The van der Waals surface area contributed by atoms with Gasteiger partial charge in [-0.05, 0) is 54.1 Å². The summed E-state index contributed by atoms with van der Waals surface area (Å²) in [4.78, 5) is 11.3. The Bertz CT molecular complexity index is 651. The van der Waals surface area contributed by atoms with Crippen molar-refractivity contribution >= 4 is 12.2 Å². The molecule has 0 unspecified atom stereocenters. The van der Waals surface area contributed by atoms with Crippen LogP contribution in [0.4, 0.5) is 0 Å². The number of nitrogens with two attached hydrogens (primary N) is 1. The molecule has 0 aliphatic rings. The summed E-state index contributed by atoms with van der Waals surface area (Å²) in [7, 11) is 1.35. The smallest absolute Gasteiger partial charge is 0.337 e. The fourth-order valence-corrected chi connectivity index (χ4v) is 1.86. The molecular weight excluding hydrogens is 296 g/mol. The van der Waals surface area contributed by atoms with E-state index in [1.165, 1.54) is 7.11 Å². The normalized spacial score (nSPS) is 10.5. The lowest BCUT2D eigenvalue weighted by molar-refractivity contribution is 0.0600. The van der Waals surface area contributed by atoms with Crippen molar-refractivity contribution in [2.45, 2.75) is 0 Å². The van der Waals surface area contributed by atoms with Crippen molar-refractivity contribution in [2.75, 3.05) is 20.3 Å². The van der Waals surface area contributed by atoms with Crippen molar-refractivity contribution < 1.29 is 19.0 Å². The summed E-state index contributed by atoms with van der Waals surface area (Å²) in [5.41, 5.74) is 1.39. The molecule has 0 aromatic heterocycles. The predicted octanol–water partition coefficient (Wildman–Crippen LogP) is 2.22. The number of rotatable bonds is 7. The van der Waals surface area contributed by atoms with Gasteiger partial charge in [0.15, 0.2) is 0 Å². The summed E-state index contributed by atoms with van der Waals surface area (Å²) in [6.45, 7) is 0.798. The average Bonchev–Trinajstić information content (AvgIpc) is 2.60. The van der Waals surface area contributed by atoms with Gasteiger partial charge in [0.2, 0.25) is 0 Å². The highest BCUT2D eigenvalue weighted by Crippen LogP contribution is 2.14. The van der Waals surface area contributed by atoms with Gasteiger partial charge in [-0.2, -0.15) is 5.10 Å². The summed E-state index contributed by atoms with van der Waals surface area (Å²) in [6.07, 6.45) is 1.56. The van der Waals surface area contributed by atoms with Crippen molar-refractivity contribution in [3.63, 3.8) is 0 Å². The van der Waals surface area contributed by atoms with Crippen LogP contribution in [0.3, 0.4) is 0 Å². The number of methoxy groups -OCH3 is 1. The Morgan fingerprint density at radius 2 is 1.52 bits per heavy atom. The zero-order valence-corrected chi connectivity index (χ0v) is 12.8. The number of benzene rings is 2. The Morgan fingerprint density at radius 1 is 1.00 bits per heavy atom. The van der Waals surface area contributed by atoms with E-state index in [1.807, 2.05) is 24.3 Å². The molecule has 0 heterocycles. The third-order valence-electron chi connectivity index (χ3n) is 3.00. The highest BCUT2D eigenvalue weighted by Gasteiger charge is 2.04. The van der Waals surface area contributed by atoms with E-state index in [0.717, 1.165) is 11.3 Å². The number of carbonyl (C=O) groups excluding carboxylic acids is 1. The van der Waals surface area contributed by atoms with Crippen LogP contribution < -0.4 is 15.3 Å². The van der Waals surface area contributed by atoms with Gasteiger partial charge in [0.1, 0.15) is 24.7 Å².